The number of nitrogens with one attached hydrogen (secondary N) is 2. The van der Waals surface area contributed by atoms with Crippen LogP contribution in [0.2, 0.25) is 0 Å². The van der Waals surface area contributed by atoms with Gasteiger partial charge in [-0.05, 0) is 31.0 Å². The molecule has 23 heavy (non-hydrogen) atoms. The summed E-state index contributed by atoms with van der Waals surface area (Å²) in [6.45, 7) is 5.67. The van der Waals surface area contributed by atoms with Gasteiger partial charge in [-0.15, -0.1) is 0 Å². The highest BCUT2D eigenvalue weighted by Gasteiger charge is 2.05. The predicted octanol–water partition coefficient (Wildman–Crippen LogP) is 3.92. The van der Waals surface area contributed by atoms with Gasteiger partial charge in [0, 0.05) is 19.3 Å². The Morgan fingerprint density at radius 2 is 2.04 bits per heavy atom. The SMILES string of the molecule is CCCCCNC(=O)c1ccc(NCc2cccc(C)c2)nc1. The molecule has 1 amide bonds. The summed E-state index contributed by atoms with van der Waals surface area (Å²) in [6, 6.07) is 12.0. The maximum Gasteiger partial charge on any atom is 0.252 e. The number of amides is 1. The first kappa shape index (κ1) is 17.0. The van der Waals surface area contributed by atoms with Crippen LogP contribution in [0.25, 0.3) is 0 Å². The van der Waals surface area contributed by atoms with Crippen LogP contribution in [0, 0.1) is 6.92 Å². The van der Waals surface area contributed by atoms with Crippen LogP contribution >= 0.6 is 0 Å². The van der Waals surface area contributed by atoms with Crippen LogP contribution in [0.15, 0.2) is 42.6 Å². The number of carbonyl (C=O) groups is 1. The fourth-order valence-corrected chi connectivity index (χ4v) is 2.33. The first-order chi connectivity index (χ1) is 11.2. The molecule has 0 saturated carbocycles. The van der Waals surface area contributed by atoms with Crippen molar-refractivity contribution >= 4 is 11.7 Å². The normalized spacial score (nSPS) is 10.3. The Labute approximate surface area is 138 Å². The van der Waals surface area contributed by atoms with Gasteiger partial charge < -0.3 is 10.6 Å². The van der Waals surface area contributed by atoms with E-state index >= 15 is 0 Å². The van der Waals surface area contributed by atoms with Crippen LogP contribution in [0.5, 0.6) is 0 Å². The molecule has 122 valence electrons. The summed E-state index contributed by atoms with van der Waals surface area (Å²) >= 11 is 0. The second-order valence-electron chi connectivity index (χ2n) is 5.74. The van der Waals surface area contributed by atoms with Crippen LogP contribution in [0.1, 0.15) is 47.7 Å². The topological polar surface area (TPSA) is 54.0 Å². The first-order valence-electron chi connectivity index (χ1n) is 8.22. The molecule has 1 aromatic heterocycles. The van der Waals surface area contributed by atoms with E-state index in [0.717, 1.165) is 38.2 Å². The van der Waals surface area contributed by atoms with Crippen molar-refractivity contribution < 1.29 is 4.79 Å². The van der Waals surface area contributed by atoms with E-state index in [1.54, 1.807) is 12.3 Å². The van der Waals surface area contributed by atoms with Gasteiger partial charge in [0.05, 0.1) is 5.56 Å². The van der Waals surface area contributed by atoms with Crippen LogP contribution in [0.3, 0.4) is 0 Å². The standard InChI is InChI=1S/C19H25N3O/c1-3-4-5-11-20-19(23)17-9-10-18(22-14-17)21-13-16-8-6-7-15(2)12-16/h6-10,12,14H,3-5,11,13H2,1-2H3,(H,20,23)(H,21,22). The smallest absolute Gasteiger partial charge is 0.252 e. The van der Waals surface area contributed by atoms with Gasteiger partial charge in [-0.3, -0.25) is 4.79 Å². The predicted molar refractivity (Wildman–Crippen MR) is 94.6 cm³/mol. The molecule has 0 atom stereocenters. The molecule has 0 aliphatic carbocycles. The molecule has 0 radical (unpaired) electrons. The summed E-state index contributed by atoms with van der Waals surface area (Å²) < 4.78 is 0. The zero-order chi connectivity index (χ0) is 16.5. The molecule has 0 bridgehead atoms. The highest BCUT2D eigenvalue weighted by molar-refractivity contribution is 5.94. The third-order valence-electron chi connectivity index (χ3n) is 3.65. The van der Waals surface area contributed by atoms with Gasteiger partial charge in [0.25, 0.3) is 5.91 Å². The van der Waals surface area contributed by atoms with E-state index in [2.05, 4.69) is 47.7 Å². The number of rotatable bonds is 8. The van der Waals surface area contributed by atoms with Gasteiger partial charge in [0.1, 0.15) is 5.82 Å². The maximum atomic E-state index is 12.0. The van der Waals surface area contributed by atoms with Gasteiger partial charge in [-0.25, -0.2) is 4.98 Å². The lowest BCUT2D eigenvalue weighted by atomic mass is 10.1. The highest BCUT2D eigenvalue weighted by Crippen LogP contribution is 2.09. The Hall–Kier alpha value is -2.36. The molecule has 2 aromatic rings. The number of hydrogen-bond donors (Lipinski definition) is 2. The van der Waals surface area contributed by atoms with Gasteiger partial charge in [0.2, 0.25) is 0 Å². The molecule has 0 fully saturated rings. The maximum absolute atomic E-state index is 12.0. The molecule has 2 rings (SSSR count). The molecular formula is C19H25N3O. The van der Waals surface area contributed by atoms with E-state index in [1.165, 1.54) is 11.1 Å². The lowest BCUT2D eigenvalue weighted by Crippen LogP contribution is -2.24. The van der Waals surface area contributed by atoms with Crippen molar-refractivity contribution in [2.24, 2.45) is 0 Å². The molecule has 0 aliphatic heterocycles. The van der Waals surface area contributed by atoms with E-state index in [0.29, 0.717) is 5.56 Å². The first-order valence-corrected chi connectivity index (χ1v) is 8.22. The Bertz CT molecular complexity index is 623. The molecule has 4 heteroatoms. The zero-order valence-corrected chi connectivity index (χ0v) is 13.9. The number of nitrogens with zero attached hydrogens (tertiary/aromatic N) is 1. The number of anilines is 1. The quantitative estimate of drug-likeness (QED) is 0.726. The summed E-state index contributed by atoms with van der Waals surface area (Å²) in [5.74, 6) is 0.716. The second kappa shape index (κ2) is 8.93. The molecule has 0 saturated heterocycles. The van der Waals surface area contributed by atoms with Gasteiger partial charge in [-0.1, -0.05) is 49.6 Å². The summed E-state index contributed by atoms with van der Waals surface area (Å²) in [5, 5.41) is 6.19. The van der Waals surface area contributed by atoms with Crippen molar-refractivity contribution in [3.8, 4) is 0 Å². The largest absolute Gasteiger partial charge is 0.366 e. The van der Waals surface area contributed by atoms with Crippen LogP contribution in [0.4, 0.5) is 5.82 Å². The fraction of sp³-hybridized carbons (Fsp3) is 0.368. The average Bonchev–Trinajstić information content (AvgIpc) is 2.57. The van der Waals surface area contributed by atoms with Gasteiger partial charge >= 0.3 is 0 Å². The van der Waals surface area contributed by atoms with E-state index in [-0.39, 0.29) is 5.91 Å². The van der Waals surface area contributed by atoms with Crippen molar-refractivity contribution in [2.75, 3.05) is 11.9 Å². The van der Waals surface area contributed by atoms with Crippen molar-refractivity contribution in [2.45, 2.75) is 39.7 Å². The summed E-state index contributed by atoms with van der Waals surface area (Å²) in [4.78, 5) is 16.3. The van der Waals surface area contributed by atoms with Crippen molar-refractivity contribution in [1.29, 1.82) is 0 Å². The zero-order valence-electron chi connectivity index (χ0n) is 13.9. The van der Waals surface area contributed by atoms with E-state index in [1.807, 2.05) is 12.1 Å². The van der Waals surface area contributed by atoms with E-state index in [4.69, 9.17) is 0 Å². The second-order valence-corrected chi connectivity index (χ2v) is 5.74. The Morgan fingerprint density at radius 1 is 1.17 bits per heavy atom. The lowest BCUT2D eigenvalue weighted by molar-refractivity contribution is 0.0952. The van der Waals surface area contributed by atoms with Gasteiger partial charge in [0.15, 0.2) is 0 Å². The number of unbranched alkanes of at least 4 members (excludes halogenated alkanes) is 2. The van der Waals surface area contributed by atoms with Crippen molar-refractivity contribution in [1.82, 2.24) is 10.3 Å². The minimum atomic E-state index is -0.0566. The average molecular weight is 311 g/mol. The number of hydrogen-bond acceptors (Lipinski definition) is 3. The highest BCUT2D eigenvalue weighted by atomic mass is 16.1. The number of pyridine rings is 1. The summed E-state index contributed by atoms with van der Waals surface area (Å²) in [7, 11) is 0. The third kappa shape index (κ3) is 5.74. The van der Waals surface area contributed by atoms with E-state index in [9.17, 15) is 4.79 Å². The lowest BCUT2D eigenvalue weighted by Gasteiger charge is -2.08. The molecule has 0 unspecified atom stereocenters. The number of benzene rings is 1. The number of aryl methyl sites for hydroxylation is 1. The van der Waals surface area contributed by atoms with Crippen molar-refractivity contribution in [3.63, 3.8) is 0 Å². The third-order valence-corrected chi connectivity index (χ3v) is 3.65. The van der Waals surface area contributed by atoms with E-state index < -0.39 is 0 Å². The van der Waals surface area contributed by atoms with Crippen LogP contribution < -0.4 is 10.6 Å². The van der Waals surface area contributed by atoms with Crippen LogP contribution in [-0.4, -0.2) is 17.4 Å². The number of carbonyl (C=O) groups excluding carboxylic acids is 1. The molecule has 1 aromatic carbocycles. The summed E-state index contributed by atoms with van der Waals surface area (Å²) in [5.41, 5.74) is 3.06. The molecule has 0 aliphatic rings. The molecule has 1 heterocycles. The minimum absolute atomic E-state index is 0.0566. The molecule has 2 N–H and O–H groups in total. The fourth-order valence-electron chi connectivity index (χ4n) is 2.33. The Morgan fingerprint density at radius 3 is 2.74 bits per heavy atom. The number of aromatic nitrogens is 1. The molecular weight excluding hydrogens is 286 g/mol. The van der Waals surface area contributed by atoms with Crippen molar-refractivity contribution in [3.05, 3.63) is 59.3 Å². The minimum Gasteiger partial charge on any atom is -0.366 e. The molecule has 4 nitrogen and oxygen atoms in total. The van der Waals surface area contributed by atoms with Crippen LogP contribution in [-0.2, 0) is 6.54 Å². The monoisotopic (exact) mass is 311 g/mol. The Kier molecular flexibility index (Phi) is 6.60. The Balaban J connectivity index is 1.83. The molecule has 0 spiro atoms. The summed E-state index contributed by atoms with van der Waals surface area (Å²) in [6.07, 6.45) is 4.93. The van der Waals surface area contributed by atoms with Gasteiger partial charge in [-0.2, -0.15) is 0 Å².